The van der Waals surface area contributed by atoms with Gasteiger partial charge in [-0.25, -0.2) is 13.1 Å². The minimum Gasteiger partial charge on any atom is -0.486 e. The number of piperidine rings is 1. The normalized spacial score (nSPS) is 17.7. The van der Waals surface area contributed by atoms with Crippen LogP contribution in [0.15, 0.2) is 47.6 Å². The molecule has 144 valence electrons. The molecule has 0 unspecified atom stereocenters. The SMILES string of the molecule is O=S(=O)(NCC1CCN(c2cccnc2)CC1)c1ccc2c(c1)OCCO2. The molecule has 0 atom stereocenters. The lowest BCUT2D eigenvalue weighted by molar-refractivity contribution is 0.171. The van der Waals surface area contributed by atoms with E-state index < -0.39 is 10.0 Å². The second-order valence-corrected chi connectivity index (χ2v) is 8.57. The van der Waals surface area contributed by atoms with Crippen molar-refractivity contribution >= 4 is 15.7 Å². The third-order valence-electron chi connectivity index (χ3n) is 5.01. The molecule has 0 amide bonds. The van der Waals surface area contributed by atoms with E-state index in [-0.39, 0.29) is 4.90 Å². The van der Waals surface area contributed by atoms with Gasteiger partial charge in [-0.2, -0.15) is 0 Å². The largest absolute Gasteiger partial charge is 0.486 e. The summed E-state index contributed by atoms with van der Waals surface area (Å²) >= 11 is 0. The number of fused-ring (bicyclic) bond motifs is 1. The van der Waals surface area contributed by atoms with Crippen LogP contribution >= 0.6 is 0 Å². The van der Waals surface area contributed by atoms with Crippen LogP contribution in [0, 0.1) is 5.92 Å². The monoisotopic (exact) mass is 389 g/mol. The highest BCUT2D eigenvalue weighted by atomic mass is 32.2. The van der Waals surface area contributed by atoms with Crippen LogP contribution in [0.5, 0.6) is 11.5 Å². The molecule has 0 saturated carbocycles. The molecule has 0 spiro atoms. The smallest absolute Gasteiger partial charge is 0.240 e. The first-order chi connectivity index (χ1) is 13.1. The van der Waals surface area contributed by atoms with Crippen LogP contribution in [0.3, 0.4) is 0 Å². The first-order valence-corrected chi connectivity index (χ1v) is 10.6. The maximum absolute atomic E-state index is 12.6. The third-order valence-corrected chi connectivity index (χ3v) is 6.43. The van der Waals surface area contributed by atoms with E-state index in [9.17, 15) is 8.42 Å². The summed E-state index contributed by atoms with van der Waals surface area (Å²) in [5.74, 6) is 1.39. The van der Waals surface area contributed by atoms with Crippen LogP contribution in [-0.4, -0.2) is 46.2 Å². The number of anilines is 1. The molecule has 1 N–H and O–H groups in total. The first kappa shape index (κ1) is 18.1. The van der Waals surface area contributed by atoms with Crippen LogP contribution in [0.4, 0.5) is 5.69 Å². The zero-order valence-corrected chi connectivity index (χ0v) is 15.8. The van der Waals surface area contributed by atoms with E-state index in [0.29, 0.717) is 37.2 Å². The van der Waals surface area contributed by atoms with Gasteiger partial charge in [0.05, 0.1) is 16.8 Å². The molecule has 8 heteroatoms. The number of ether oxygens (including phenoxy) is 2. The van der Waals surface area contributed by atoms with Crippen molar-refractivity contribution in [3.63, 3.8) is 0 Å². The van der Waals surface area contributed by atoms with Gasteiger partial charge in [0.25, 0.3) is 0 Å². The Hall–Kier alpha value is -2.32. The van der Waals surface area contributed by atoms with Gasteiger partial charge in [0, 0.05) is 31.9 Å². The zero-order valence-electron chi connectivity index (χ0n) is 15.0. The van der Waals surface area contributed by atoms with E-state index in [1.807, 2.05) is 12.3 Å². The van der Waals surface area contributed by atoms with Gasteiger partial charge in [-0.15, -0.1) is 0 Å². The molecule has 3 heterocycles. The molecule has 4 rings (SSSR count). The predicted octanol–water partition coefficient (Wildman–Crippen LogP) is 2.05. The number of aromatic nitrogens is 1. The van der Waals surface area contributed by atoms with Gasteiger partial charge in [-0.3, -0.25) is 4.98 Å². The molecule has 1 saturated heterocycles. The number of nitrogens with one attached hydrogen (secondary N) is 1. The second kappa shape index (κ2) is 7.74. The average Bonchev–Trinajstić information content (AvgIpc) is 2.73. The van der Waals surface area contributed by atoms with Crippen LogP contribution in [0.1, 0.15) is 12.8 Å². The fraction of sp³-hybridized carbons (Fsp3) is 0.421. The van der Waals surface area contributed by atoms with Gasteiger partial charge < -0.3 is 14.4 Å². The molecule has 0 bridgehead atoms. The molecular weight excluding hydrogens is 366 g/mol. The molecule has 2 aliphatic heterocycles. The number of benzene rings is 1. The van der Waals surface area contributed by atoms with Gasteiger partial charge in [0.15, 0.2) is 11.5 Å². The Morgan fingerprint density at radius 2 is 1.89 bits per heavy atom. The predicted molar refractivity (Wildman–Crippen MR) is 102 cm³/mol. The Balaban J connectivity index is 1.33. The molecule has 0 radical (unpaired) electrons. The van der Waals surface area contributed by atoms with E-state index in [4.69, 9.17) is 9.47 Å². The number of sulfonamides is 1. The van der Waals surface area contributed by atoms with Crippen molar-refractivity contribution in [3.8, 4) is 11.5 Å². The van der Waals surface area contributed by atoms with Crippen molar-refractivity contribution in [3.05, 3.63) is 42.7 Å². The van der Waals surface area contributed by atoms with E-state index in [2.05, 4.69) is 20.7 Å². The molecule has 1 aromatic carbocycles. The summed E-state index contributed by atoms with van der Waals surface area (Å²) in [5.41, 5.74) is 1.12. The van der Waals surface area contributed by atoms with Crippen molar-refractivity contribution in [1.29, 1.82) is 0 Å². The first-order valence-electron chi connectivity index (χ1n) is 9.16. The fourth-order valence-corrected chi connectivity index (χ4v) is 4.57. The topological polar surface area (TPSA) is 80.8 Å². The molecule has 27 heavy (non-hydrogen) atoms. The van der Waals surface area contributed by atoms with Crippen LogP contribution in [0.25, 0.3) is 0 Å². The molecule has 1 fully saturated rings. The van der Waals surface area contributed by atoms with Gasteiger partial charge in [0.1, 0.15) is 13.2 Å². The number of hydrogen-bond donors (Lipinski definition) is 1. The lowest BCUT2D eigenvalue weighted by Crippen LogP contribution is -2.38. The summed E-state index contributed by atoms with van der Waals surface area (Å²) in [6.45, 7) is 3.16. The average molecular weight is 389 g/mol. The van der Waals surface area contributed by atoms with Crippen molar-refractivity contribution in [2.75, 3.05) is 37.7 Å². The standard InChI is InChI=1S/C19H23N3O4S/c23-27(24,17-3-4-18-19(12-17)26-11-10-25-18)21-13-15-5-8-22(9-6-15)16-2-1-7-20-14-16/h1-4,7,12,14-15,21H,5-6,8-11,13H2. The minimum absolute atomic E-state index is 0.208. The molecule has 7 nitrogen and oxygen atoms in total. The zero-order chi connectivity index (χ0) is 18.7. The number of pyridine rings is 1. The summed E-state index contributed by atoms with van der Waals surface area (Å²) in [6, 6.07) is 8.72. The summed E-state index contributed by atoms with van der Waals surface area (Å²) < 4.78 is 38.9. The Labute approximate surface area is 159 Å². The van der Waals surface area contributed by atoms with E-state index in [1.165, 1.54) is 6.07 Å². The maximum Gasteiger partial charge on any atom is 0.240 e. The molecule has 2 aromatic rings. The minimum atomic E-state index is -3.57. The summed E-state index contributed by atoms with van der Waals surface area (Å²) in [7, 11) is -3.57. The maximum atomic E-state index is 12.6. The molecule has 0 aliphatic carbocycles. The molecular formula is C19H23N3O4S. The van der Waals surface area contributed by atoms with Gasteiger partial charge in [0.2, 0.25) is 10.0 Å². The van der Waals surface area contributed by atoms with Crippen LogP contribution in [0.2, 0.25) is 0 Å². The highest BCUT2D eigenvalue weighted by Gasteiger charge is 2.23. The summed E-state index contributed by atoms with van der Waals surface area (Å²) in [6.07, 6.45) is 5.52. The van der Waals surface area contributed by atoms with Crippen LogP contribution < -0.4 is 19.1 Å². The Morgan fingerprint density at radius 3 is 2.63 bits per heavy atom. The number of hydrogen-bond acceptors (Lipinski definition) is 6. The van der Waals surface area contributed by atoms with Crippen molar-refractivity contribution in [2.45, 2.75) is 17.7 Å². The quantitative estimate of drug-likeness (QED) is 0.843. The highest BCUT2D eigenvalue weighted by Crippen LogP contribution is 2.32. The Kier molecular flexibility index (Phi) is 5.18. The third kappa shape index (κ3) is 4.17. The van der Waals surface area contributed by atoms with Crippen molar-refractivity contribution in [2.24, 2.45) is 5.92 Å². The fourth-order valence-electron chi connectivity index (χ4n) is 3.44. The van der Waals surface area contributed by atoms with Crippen molar-refractivity contribution < 1.29 is 17.9 Å². The van der Waals surface area contributed by atoms with Gasteiger partial charge in [-0.1, -0.05) is 0 Å². The number of rotatable bonds is 5. The lowest BCUT2D eigenvalue weighted by atomic mass is 9.97. The van der Waals surface area contributed by atoms with E-state index in [0.717, 1.165) is 31.6 Å². The molecule has 1 aromatic heterocycles. The van der Waals surface area contributed by atoms with Crippen molar-refractivity contribution in [1.82, 2.24) is 9.71 Å². The van der Waals surface area contributed by atoms with Gasteiger partial charge in [-0.05, 0) is 43.0 Å². The van der Waals surface area contributed by atoms with Crippen LogP contribution in [-0.2, 0) is 10.0 Å². The van der Waals surface area contributed by atoms with E-state index >= 15 is 0 Å². The van der Waals surface area contributed by atoms with E-state index in [1.54, 1.807) is 18.3 Å². The Bertz CT molecular complexity index is 881. The number of nitrogens with zero attached hydrogens (tertiary/aromatic N) is 2. The molecule has 2 aliphatic rings. The summed E-state index contributed by atoms with van der Waals surface area (Å²) in [4.78, 5) is 6.66. The second-order valence-electron chi connectivity index (χ2n) is 6.80. The highest BCUT2D eigenvalue weighted by molar-refractivity contribution is 7.89. The Morgan fingerprint density at radius 1 is 1.11 bits per heavy atom. The lowest BCUT2D eigenvalue weighted by Gasteiger charge is -2.33. The summed E-state index contributed by atoms with van der Waals surface area (Å²) in [5, 5.41) is 0. The van der Waals surface area contributed by atoms with Gasteiger partial charge >= 0.3 is 0 Å².